The van der Waals surface area contributed by atoms with Gasteiger partial charge in [0.15, 0.2) is 0 Å². The molecule has 6 unspecified atom stereocenters. The molecular formula is C14H24O. The van der Waals surface area contributed by atoms with Crippen molar-refractivity contribution in [1.82, 2.24) is 0 Å². The second kappa shape index (κ2) is 3.23. The Bertz CT molecular complexity index is 262. The Morgan fingerprint density at radius 3 is 2.67 bits per heavy atom. The van der Waals surface area contributed by atoms with Crippen molar-refractivity contribution in [2.24, 2.45) is 29.1 Å². The molecule has 0 amide bonds. The predicted octanol–water partition coefficient (Wildman–Crippen LogP) is 3.22. The molecule has 0 heterocycles. The van der Waals surface area contributed by atoms with Crippen molar-refractivity contribution in [2.45, 2.75) is 58.5 Å². The lowest BCUT2D eigenvalue weighted by molar-refractivity contribution is -0.142. The highest BCUT2D eigenvalue weighted by Crippen LogP contribution is 2.69. The van der Waals surface area contributed by atoms with Crippen LogP contribution < -0.4 is 0 Å². The third kappa shape index (κ3) is 1.13. The fourth-order valence-corrected chi connectivity index (χ4v) is 5.28. The maximum absolute atomic E-state index is 10.2. The average molecular weight is 208 g/mol. The average Bonchev–Trinajstić information content (AvgIpc) is 2.38. The molecule has 3 aliphatic rings. The molecule has 0 aliphatic heterocycles. The molecule has 3 fully saturated rings. The Morgan fingerprint density at radius 2 is 1.87 bits per heavy atom. The highest BCUT2D eigenvalue weighted by atomic mass is 16.3. The summed E-state index contributed by atoms with van der Waals surface area (Å²) < 4.78 is 0. The van der Waals surface area contributed by atoms with Crippen molar-refractivity contribution in [1.29, 1.82) is 0 Å². The van der Waals surface area contributed by atoms with Gasteiger partial charge >= 0.3 is 0 Å². The summed E-state index contributed by atoms with van der Waals surface area (Å²) in [7, 11) is 0. The van der Waals surface area contributed by atoms with Crippen LogP contribution in [0.3, 0.4) is 0 Å². The molecule has 0 radical (unpaired) electrons. The Hall–Kier alpha value is -0.0400. The Balaban J connectivity index is 1.88. The van der Waals surface area contributed by atoms with Gasteiger partial charge in [-0.3, -0.25) is 0 Å². The van der Waals surface area contributed by atoms with Gasteiger partial charge in [-0.2, -0.15) is 0 Å². The van der Waals surface area contributed by atoms with Crippen LogP contribution in [0.5, 0.6) is 0 Å². The molecule has 86 valence electrons. The van der Waals surface area contributed by atoms with E-state index in [1.165, 1.54) is 32.1 Å². The van der Waals surface area contributed by atoms with Gasteiger partial charge in [-0.15, -0.1) is 0 Å². The second-order valence-corrected chi connectivity index (χ2v) is 6.50. The summed E-state index contributed by atoms with van der Waals surface area (Å²) >= 11 is 0. The van der Waals surface area contributed by atoms with Gasteiger partial charge in [0.2, 0.25) is 0 Å². The summed E-state index contributed by atoms with van der Waals surface area (Å²) in [6, 6.07) is 0. The molecule has 3 rings (SSSR count). The van der Waals surface area contributed by atoms with Crippen LogP contribution in [0.15, 0.2) is 0 Å². The normalized spacial score (nSPS) is 59.0. The van der Waals surface area contributed by atoms with Gasteiger partial charge in [0.25, 0.3) is 0 Å². The SMILES string of the molecule is CC1CC(O)C2C3CCCCCC3C12C. The van der Waals surface area contributed by atoms with Gasteiger partial charge in [0.05, 0.1) is 6.10 Å². The van der Waals surface area contributed by atoms with Crippen LogP contribution in [0.4, 0.5) is 0 Å². The Labute approximate surface area is 93.3 Å². The van der Waals surface area contributed by atoms with Crippen molar-refractivity contribution in [3.63, 3.8) is 0 Å². The molecule has 0 saturated heterocycles. The first-order chi connectivity index (χ1) is 7.15. The highest BCUT2D eigenvalue weighted by molar-refractivity contribution is 5.14. The molecule has 0 spiro atoms. The minimum Gasteiger partial charge on any atom is -0.393 e. The van der Waals surface area contributed by atoms with Gasteiger partial charge in [0.1, 0.15) is 0 Å². The molecule has 0 aromatic rings. The van der Waals surface area contributed by atoms with E-state index in [1.54, 1.807) is 0 Å². The first kappa shape index (κ1) is 10.1. The Morgan fingerprint density at radius 1 is 1.13 bits per heavy atom. The van der Waals surface area contributed by atoms with E-state index in [1.807, 2.05) is 0 Å². The highest BCUT2D eigenvalue weighted by Gasteiger charge is 2.66. The number of aliphatic hydroxyl groups is 1. The van der Waals surface area contributed by atoms with Crippen molar-refractivity contribution in [3.05, 3.63) is 0 Å². The van der Waals surface area contributed by atoms with Gasteiger partial charge in [-0.05, 0) is 48.3 Å². The maximum atomic E-state index is 10.2. The standard InChI is InChI=1S/C14H24O/c1-9-8-12(15)13-10-6-4-3-5-7-11(10)14(9,13)2/h9-13,15H,3-8H2,1-2H3. The molecule has 1 nitrogen and oxygen atoms in total. The number of hydrogen-bond acceptors (Lipinski definition) is 1. The zero-order valence-electron chi connectivity index (χ0n) is 10.1. The summed E-state index contributed by atoms with van der Waals surface area (Å²) in [6.45, 7) is 4.83. The van der Waals surface area contributed by atoms with E-state index in [2.05, 4.69) is 13.8 Å². The van der Waals surface area contributed by atoms with E-state index < -0.39 is 0 Å². The van der Waals surface area contributed by atoms with E-state index in [0.29, 0.717) is 11.3 Å². The van der Waals surface area contributed by atoms with Crippen LogP contribution in [0, 0.1) is 29.1 Å². The van der Waals surface area contributed by atoms with Crippen LogP contribution in [-0.4, -0.2) is 11.2 Å². The van der Waals surface area contributed by atoms with Gasteiger partial charge in [-0.25, -0.2) is 0 Å². The lowest BCUT2D eigenvalue weighted by Crippen LogP contribution is -2.56. The summed E-state index contributed by atoms with van der Waals surface area (Å²) in [4.78, 5) is 0. The summed E-state index contributed by atoms with van der Waals surface area (Å²) in [5, 5.41) is 10.2. The van der Waals surface area contributed by atoms with E-state index >= 15 is 0 Å². The first-order valence-electron chi connectivity index (χ1n) is 6.83. The molecule has 0 bridgehead atoms. The second-order valence-electron chi connectivity index (χ2n) is 6.50. The van der Waals surface area contributed by atoms with Crippen LogP contribution in [0.25, 0.3) is 0 Å². The zero-order valence-corrected chi connectivity index (χ0v) is 10.1. The molecule has 0 aromatic heterocycles. The summed E-state index contributed by atoms with van der Waals surface area (Å²) in [5.74, 6) is 3.21. The fraction of sp³-hybridized carbons (Fsp3) is 1.00. The quantitative estimate of drug-likeness (QED) is 0.648. The molecule has 15 heavy (non-hydrogen) atoms. The number of aliphatic hydroxyl groups excluding tert-OH is 1. The molecule has 6 atom stereocenters. The topological polar surface area (TPSA) is 20.2 Å². The largest absolute Gasteiger partial charge is 0.393 e. The third-order valence-corrected chi connectivity index (χ3v) is 6.12. The number of rotatable bonds is 0. The van der Waals surface area contributed by atoms with Gasteiger partial charge < -0.3 is 5.11 Å². The van der Waals surface area contributed by atoms with Crippen molar-refractivity contribution in [2.75, 3.05) is 0 Å². The number of hydrogen-bond donors (Lipinski definition) is 1. The fourth-order valence-electron chi connectivity index (χ4n) is 5.28. The molecule has 1 heteroatoms. The Kier molecular flexibility index (Phi) is 2.18. The summed E-state index contributed by atoms with van der Waals surface area (Å²) in [5.41, 5.74) is 0.494. The van der Waals surface area contributed by atoms with Gasteiger partial charge in [-0.1, -0.05) is 33.1 Å². The zero-order chi connectivity index (χ0) is 10.6. The van der Waals surface area contributed by atoms with E-state index in [4.69, 9.17) is 0 Å². The van der Waals surface area contributed by atoms with Crippen LogP contribution in [0.2, 0.25) is 0 Å². The van der Waals surface area contributed by atoms with Gasteiger partial charge in [0, 0.05) is 0 Å². The van der Waals surface area contributed by atoms with Crippen LogP contribution in [-0.2, 0) is 0 Å². The number of fused-ring (bicyclic) bond motifs is 4. The predicted molar refractivity (Wildman–Crippen MR) is 61.4 cm³/mol. The summed E-state index contributed by atoms with van der Waals surface area (Å²) in [6.07, 6.45) is 8.20. The van der Waals surface area contributed by atoms with Crippen molar-refractivity contribution < 1.29 is 5.11 Å². The van der Waals surface area contributed by atoms with Crippen LogP contribution in [0.1, 0.15) is 52.4 Å². The van der Waals surface area contributed by atoms with Crippen LogP contribution >= 0.6 is 0 Å². The first-order valence-corrected chi connectivity index (χ1v) is 6.83. The molecule has 3 saturated carbocycles. The lowest BCUT2D eigenvalue weighted by Gasteiger charge is -2.59. The van der Waals surface area contributed by atoms with Crippen molar-refractivity contribution >= 4 is 0 Å². The minimum absolute atomic E-state index is 0.0179. The monoisotopic (exact) mass is 208 g/mol. The molecule has 3 aliphatic carbocycles. The smallest absolute Gasteiger partial charge is 0.0579 e. The molecule has 1 N–H and O–H groups in total. The maximum Gasteiger partial charge on any atom is 0.0579 e. The molecular weight excluding hydrogens is 184 g/mol. The van der Waals surface area contributed by atoms with E-state index in [9.17, 15) is 5.11 Å². The minimum atomic E-state index is 0.0179. The van der Waals surface area contributed by atoms with E-state index in [-0.39, 0.29) is 6.10 Å². The lowest BCUT2D eigenvalue weighted by atomic mass is 9.45. The molecule has 0 aromatic carbocycles. The van der Waals surface area contributed by atoms with E-state index in [0.717, 1.165) is 24.2 Å². The van der Waals surface area contributed by atoms with Crippen molar-refractivity contribution in [3.8, 4) is 0 Å². The third-order valence-electron chi connectivity index (χ3n) is 6.12.